The van der Waals surface area contributed by atoms with Gasteiger partial charge in [0.15, 0.2) is 0 Å². The van der Waals surface area contributed by atoms with Crippen LogP contribution in [0, 0.1) is 0 Å². The van der Waals surface area contributed by atoms with Gasteiger partial charge in [-0.2, -0.15) is 15.4 Å². The van der Waals surface area contributed by atoms with Crippen LogP contribution in [0.4, 0.5) is 0 Å². The second-order valence-corrected chi connectivity index (χ2v) is 8.35. The van der Waals surface area contributed by atoms with Crippen LogP contribution in [0.3, 0.4) is 0 Å². The molecule has 35 heavy (non-hydrogen) atoms. The molecule has 1 aliphatic heterocycles. The minimum absolute atomic E-state index is 0.235. The topological polar surface area (TPSA) is 124 Å². The minimum atomic E-state index is -0.235. The highest BCUT2D eigenvalue weighted by Crippen LogP contribution is 2.29. The first-order chi connectivity index (χ1) is 17.2. The smallest absolute Gasteiger partial charge is 0.266 e. The second-order valence-electron chi connectivity index (χ2n) is 8.35. The summed E-state index contributed by atoms with van der Waals surface area (Å²) in [6.45, 7) is 1.05. The van der Waals surface area contributed by atoms with Gasteiger partial charge in [-0.1, -0.05) is 54.6 Å². The molecule has 0 bridgehead atoms. The van der Waals surface area contributed by atoms with Crippen molar-refractivity contribution in [3.63, 3.8) is 0 Å². The van der Waals surface area contributed by atoms with E-state index < -0.39 is 0 Å². The standard InChI is InChI=1S/C27H25N7O/c28-15-19-8-6-18(7-9-19)12-25-23(20-4-2-1-3-5-20)13-21-14-26(29-11-10-24(21)32-25)27(35)30-16-22-17-31-34-33-22/h1-11,13,17H,12,14-16,28H2,(H,30,35)(H,31,33,34)/p+1. The highest BCUT2D eigenvalue weighted by atomic mass is 16.1. The summed E-state index contributed by atoms with van der Waals surface area (Å²) in [6, 6.07) is 20.9. The van der Waals surface area contributed by atoms with E-state index in [0.29, 0.717) is 24.2 Å². The Labute approximate surface area is 203 Å². The molecule has 0 aliphatic carbocycles. The number of fused-ring (bicyclic) bond motifs is 1. The largest absolute Gasteiger partial charge is 0.354 e. The molecule has 4 aromatic rings. The SMILES string of the molecule is [NH3+]Cc1ccc(Cc2nc3c(cc2-c2ccccc2)CC(C(=O)NCc2cn[nH]n2)=NC=C3)cc1. The lowest BCUT2D eigenvalue weighted by Gasteiger charge is -2.15. The van der Waals surface area contributed by atoms with Crippen LogP contribution in [0.25, 0.3) is 17.2 Å². The third-order valence-electron chi connectivity index (χ3n) is 5.96. The van der Waals surface area contributed by atoms with Crippen LogP contribution in [-0.4, -0.2) is 32.0 Å². The number of pyridine rings is 1. The number of aromatic nitrogens is 4. The predicted molar refractivity (Wildman–Crippen MR) is 134 cm³/mol. The summed E-state index contributed by atoms with van der Waals surface area (Å²) in [4.78, 5) is 22.3. The normalized spacial score (nSPS) is 12.5. The summed E-state index contributed by atoms with van der Waals surface area (Å²) in [7, 11) is 0. The third-order valence-corrected chi connectivity index (χ3v) is 5.96. The Morgan fingerprint density at radius 1 is 1.06 bits per heavy atom. The highest BCUT2D eigenvalue weighted by molar-refractivity contribution is 6.39. The van der Waals surface area contributed by atoms with Gasteiger partial charge in [0.2, 0.25) is 0 Å². The lowest BCUT2D eigenvalue weighted by atomic mass is 9.94. The quantitative estimate of drug-likeness (QED) is 0.389. The first-order valence-corrected chi connectivity index (χ1v) is 11.5. The van der Waals surface area contributed by atoms with Crippen LogP contribution in [0.1, 0.15) is 33.8 Å². The fourth-order valence-electron chi connectivity index (χ4n) is 4.06. The summed E-state index contributed by atoms with van der Waals surface area (Å²) >= 11 is 0. The highest BCUT2D eigenvalue weighted by Gasteiger charge is 2.19. The Morgan fingerprint density at radius 3 is 2.60 bits per heavy atom. The molecule has 8 heteroatoms. The van der Waals surface area contributed by atoms with E-state index in [2.05, 4.69) is 73.9 Å². The van der Waals surface area contributed by atoms with Gasteiger partial charge in [-0.3, -0.25) is 14.8 Å². The van der Waals surface area contributed by atoms with E-state index >= 15 is 0 Å². The number of quaternary nitrogens is 1. The van der Waals surface area contributed by atoms with Gasteiger partial charge >= 0.3 is 0 Å². The molecule has 3 heterocycles. The van der Waals surface area contributed by atoms with E-state index in [9.17, 15) is 4.79 Å². The lowest BCUT2D eigenvalue weighted by Crippen LogP contribution is -2.47. The Bertz CT molecular complexity index is 1380. The number of H-pyrrole nitrogens is 1. The predicted octanol–water partition coefficient (Wildman–Crippen LogP) is 2.48. The van der Waals surface area contributed by atoms with Crippen molar-refractivity contribution in [3.05, 3.63) is 107 Å². The molecule has 0 saturated heterocycles. The molecular weight excluding hydrogens is 438 g/mol. The van der Waals surface area contributed by atoms with Crippen LogP contribution < -0.4 is 11.1 Å². The fourth-order valence-corrected chi connectivity index (χ4v) is 4.06. The summed E-state index contributed by atoms with van der Waals surface area (Å²) < 4.78 is 0. The number of amides is 1. The molecule has 0 atom stereocenters. The van der Waals surface area contributed by atoms with E-state index in [0.717, 1.165) is 34.6 Å². The van der Waals surface area contributed by atoms with Gasteiger partial charge in [-0.15, -0.1) is 0 Å². The Kier molecular flexibility index (Phi) is 6.54. The Morgan fingerprint density at radius 2 is 1.86 bits per heavy atom. The number of aliphatic imine (C=N–C) groups is 1. The number of nitrogens with one attached hydrogen (secondary N) is 2. The van der Waals surface area contributed by atoms with Gasteiger partial charge in [0.1, 0.15) is 11.4 Å². The molecule has 1 amide bonds. The molecule has 8 nitrogen and oxygen atoms in total. The van der Waals surface area contributed by atoms with Crippen molar-refractivity contribution in [1.29, 1.82) is 0 Å². The van der Waals surface area contributed by atoms with Gasteiger partial charge in [-0.25, -0.2) is 0 Å². The van der Waals surface area contributed by atoms with Crippen molar-refractivity contribution < 1.29 is 10.5 Å². The maximum Gasteiger partial charge on any atom is 0.266 e. The number of hydrogen-bond donors (Lipinski definition) is 3. The molecule has 2 aromatic carbocycles. The molecule has 174 valence electrons. The minimum Gasteiger partial charge on any atom is -0.354 e. The maximum absolute atomic E-state index is 12.8. The van der Waals surface area contributed by atoms with E-state index in [4.69, 9.17) is 4.98 Å². The van der Waals surface area contributed by atoms with Crippen LogP contribution >= 0.6 is 0 Å². The van der Waals surface area contributed by atoms with Crippen molar-refractivity contribution in [2.24, 2.45) is 4.99 Å². The molecule has 5 rings (SSSR count). The van der Waals surface area contributed by atoms with Gasteiger partial charge in [0.05, 0.1) is 30.7 Å². The van der Waals surface area contributed by atoms with Crippen LogP contribution in [0.2, 0.25) is 0 Å². The van der Waals surface area contributed by atoms with Crippen molar-refractivity contribution >= 4 is 17.7 Å². The zero-order valence-corrected chi connectivity index (χ0v) is 19.2. The average Bonchev–Trinajstić information content (AvgIpc) is 3.33. The van der Waals surface area contributed by atoms with Crippen LogP contribution in [0.15, 0.2) is 78.1 Å². The summed E-state index contributed by atoms with van der Waals surface area (Å²) in [5.74, 6) is -0.235. The molecule has 0 unspecified atom stereocenters. The zero-order valence-electron chi connectivity index (χ0n) is 19.2. The van der Waals surface area contributed by atoms with Gasteiger partial charge in [0.25, 0.3) is 5.91 Å². The van der Waals surface area contributed by atoms with Crippen molar-refractivity contribution in [2.45, 2.75) is 25.9 Å². The summed E-state index contributed by atoms with van der Waals surface area (Å²) in [5, 5.41) is 13.1. The third kappa shape index (κ3) is 5.23. The monoisotopic (exact) mass is 464 g/mol. The molecule has 5 N–H and O–H groups in total. The first kappa shape index (κ1) is 22.4. The molecule has 0 fully saturated rings. The Hall–Kier alpha value is -4.43. The van der Waals surface area contributed by atoms with Gasteiger partial charge in [0, 0.05) is 30.2 Å². The second kappa shape index (κ2) is 10.2. The molecular formula is C27H26N7O+. The van der Waals surface area contributed by atoms with Crippen LogP contribution in [-0.2, 0) is 30.7 Å². The number of nitrogens with zero attached hydrogens (tertiary/aromatic N) is 4. The van der Waals surface area contributed by atoms with Gasteiger partial charge in [-0.05, 0) is 28.8 Å². The Balaban J connectivity index is 1.45. The maximum atomic E-state index is 12.8. The molecule has 1 aliphatic rings. The number of hydrogen-bond acceptors (Lipinski definition) is 5. The zero-order chi connectivity index (χ0) is 24.0. The fraction of sp³-hybridized carbons (Fsp3) is 0.148. The van der Waals surface area contributed by atoms with Crippen molar-refractivity contribution in [3.8, 4) is 11.1 Å². The number of aromatic amines is 1. The first-order valence-electron chi connectivity index (χ1n) is 11.5. The number of carbonyl (C=O) groups excluding carboxylic acids is 1. The number of carbonyl (C=O) groups is 1. The number of rotatable bonds is 7. The van der Waals surface area contributed by atoms with Gasteiger partial charge < -0.3 is 11.1 Å². The van der Waals surface area contributed by atoms with E-state index in [1.165, 1.54) is 11.1 Å². The van der Waals surface area contributed by atoms with E-state index in [1.807, 2.05) is 24.3 Å². The van der Waals surface area contributed by atoms with Crippen molar-refractivity contribution in [2.75, 3.05) is 0 Å². The number of benzene rings is 2. The van der Waals surface area contributed by atoms with E-state index in [1.54, 1.807) is 12.4 Å². The molecule has 0 radical (unpaired) electrons. The lowest BCUT2D eigenvalue weighted by molar-refractivity contribution is -0.386. The van der Waals surface area contributed by atoms with Crippen LogP contribution in [0.5, 0.6) is 0 Å². The van der Waals surface area contributed by atoms with Crippen molar-refractivity contribution in [1.82, 2.24) is 25.7 Å². The molecule has 0 saturated carbocycles. The summed E-state index contributed by atoms with van der Waals surface area (Å²) in [5.41, 5.74) is 12.4. The summed E-state index contributed by atoms with van der Waals surface area (Å²) in [6.07, 6.45) is 6.19. The van der Waals surface area contributed by atoms with E-state index in [-0.39, 0.29) is 12.5 Å². The molecule has 2 aromatic heterocycles. The molecule has 0 spiro atoms. The average molecular weight is 465 g/mol.